The molecule has 0 radical (unpaired) electrons. The summed E-state index contributed by atoms with van der Waals surface area (Å²) in [6, 6.07) is 10.7. The Hall–Kier alpha value is -3.22. The van der Waals surface area contributed by atoms with Crippen molar-refractivity contribution in [3.8, 4) is 11.5 Å². The van der Waals surface area contributed by atoms with Gasteiger partial charge in [-0.1, -0.05) is 60.2 Å². The number of hydrogen-bond donors (Lipinski definition) is 3. The average molecular weight is 456 g/mol. The van der Waals surface area contributed by atoms with Gasteiger partial charge in [-0.25, -0.2) is 4.79 Å². The van der Waals surface area contributed by atoms with Crippen LogP contribution in [0.5, 0.6) is 11.5 Å². The normalized spacial score (nSPS) is 19.8. The second-order valence-corrected chi connectivity index (χ2v) is 7.77. The van der Waals surface area contributed by atoms with E-state index in [1.807, 2.05) is 48.6 Å². The molecule has 6 nitrogen and oxygen atoms in total. The number of phenols is 2. The lowest BCUT2D eigenvalue weighted by atomic mass is 10.0. The molecule has 1 atom stereocenters. The predicted octanol–water partition coefficient (Wildman–Crippen LogP) is 5.66. The molecule has 168 valence electrons. The summed E-state index contributed by atoms with van der Waals surface area (Å²) in [5, 5.41) is 20.4. The average Bonchev–Trinajstić information content (AvgIpc) is 2.76. The minimum atomic E-state index is -0.734. The van der Waals surface area contributed by atoms with E-state index in [4.69, 9.17) is 21.2 Å². The fourth-order valence-electron chi connectivity index (χ4n) is 3.14. The molecular weight excluding hydrogens is 430 g/mol. The van der Waals surface area contributed by atoms with Gasteiger partial charge >= 0.3 is 5.97 Å². The molecule has 32 heavy (non-hydrogen) atoms. The maximum atomic E-state index is 12.8. The number of phenolic OH excluding ortho intramolecular Hbond substituents is 2. The molecule has 1 aliphatic heterocycles. The molecule has 0 saturated carbocycles. The van der Waals surface area contributed by atoms with E-state index in [1.54, 1.807) is 13.0 Å². The van der Waals surface area contributed by atoms with E-state index in [2.05, 4.69) is 5.48 Å². The number of aromatic hydroxyl groups is 2. The van der Waals surface area contributed by atoms with Crippen molar-refractivity contribution >= 4 is 23.6 Å². The van der Waals surface area contributed by atoms with Crippen LogP contribution in [0.15, 0.2) is 66.4 Å². The molecule has 1 aliphatic rings. The van der Waals surface area contributed by atoms with Crippen molar-refractivity contribution < 1.29 is 24.6 Å². The molecule has 3 N–H and O–H groups in total. The van der Waals surface area contributed by atoms with Crippen LogP contribution in [0.3, 0.4) is 0 Å². The van der Waals surface area contributed by atoms with Gasteiger partial charge in [-0.15, -0.1) is 0 Å². The van der Waals surface area contributed by atoms with Crippen LogP contribution in [0.2, 0.25) is 5.02 Å². The van der Waals surface area contributed by atoms with Crippen molar-refractivity contribution in [2.24, 2.45) is 0 Å². The third-order valence-electron chi connectivity index (χ3n) is 4.78. The van der Waals surface area contributed by atoms with Crippen molar-refractivity contribution in [2.45, 2.75) is 38.9 Å². The fourth-order valence-corrected chi connectivity index (χ4v) is 3.35. The zero-order chi connectivity index (χ0) is 22.9. The minimum Gasteiger partial charge on any atom is -0.507 e. The summed E-state index contributed by atoms with van der Waals surface area (Å²) in [7, 11) is 0. The molecule has 2 aromatic rings. The number of rotatable bonds is 4. The summed E-state index contributed by atoms with van der Waals surface area (Å²) in [4.78, 5) is 18.5. The highest BCUT2D eigenvalue weighted by Gasteiger charge is 2.24. The van der Waals surface area contributed by atoms with Gasteiger partial charge in [0, 0.05) is 18.1 Å². The Bertz CT molecular complexity index is 1030. The first-order valence-corrected chi connectivity index (χ1v) is 10.7. The van der Waals surface area contributed by atoms with E-state index in [0.717, 1.165) is 24.5 Å². The van der Waals surface area contributed by atoms with Gasteiger partial charge in [0.15, 0.2) is 0 Å². The zero-order valence-electron chi connectivity index (χ0n) is 17.8. The Morgan fingerprint density at radius 2 is 1.88 bits per heavy atom. The van der Waals surface area contributed by atoms with E-state index in [-0.39, 0.29) is 21.9 Å². The van der Waals surface area contributed by atoms with Crippen molar-refractivity contribution in [3.63, 3.8) is 0 Å². The summed E-state index contributed by atoms with van der Waals surface area (Å²) in [5.74, 6) is -1.51. The monoisotopic (exact) mass is 455 g/mol. The fraction of sp³-hybridized carbons (Fsp3) is 0.240. The number of allylic oxidation sites excluding steroid dienone is 3. The Labute approximate surface area is 192 Å². The highest BCUT2D eigenvalue weighted by molar-refractivity contribution is 6.34. The maximum Gasteiger partial charge on any atom is 0.342 e. The standard InChI is InChI=1S/C25H26ClNO5/c1-17-10-6-3-2-4-9-13-19(27-31-16-18-11-7-5-8-12-18)14-20-23(25(30)32-17)21(28)15-22(29)24(20)26/h3,5-9,11-15,17,27-29H,2,4,10,16H2,1H3/b6-3?,13-9+,19-14-/t17-/m1/s1. The molecule has 0 aliphatic carbocycles. The van der Waals surface area contributed by atoms with Crippen LogP contribution < -0.4 is 5.48 Å². The van der Waals surface area contributed by atoms with Gasteiger partial charge in [0.05, 0.1) is 17.3 Å². The third-order valence-corrected chi connectivity index (χ3v) is 5.17. The van der Waals surface area contributed by atoms with E-state index in [0.29, 0.717) is 18.7 Å². The summed E-state index contributed by atoms with van der Waals surface area (Å²) in [5.41, 5.74) is 4.32. The van der Waals surface area contributed by atoms with Crippen LogP contribution in [0.1, 0.15) is 47.7 Å². The molecular formula is C25H26ClNO5. The highest BCUT2D eigenvalue weighted by atomic mass is 35.5. The van der Waals surface area contributed by atoms with Crippen molar-refractivity contribution in [3.05, 3.63) is 88.1 Å². The summed E-state index contributed by atoms with van der Waals surface area (Å²) in [6.07, 6.45) is 11.0. The molecule has 0 bridgehead atoms. The molecule has 7 heteroatoms. The van der Waals surface area contributed by atoms with E-state index in [9.17, 15) is 15.0 Å². The topological polar surface area (TPSA) is 88.0 Å². The van der Waals surface area contributed by atoms with Gasteiger partial charge in [0.25, 0.3) is 0 Å². The molecule has 0 aromatic heterocycles. The van der Waals surface area contributed by atoms with Crippen LogP contribution in [0.25, 0.3) is 6.08 Å². The minimum absolute atomic E-state index is 0.0786. The number of benzene rings is 2. The van der Waals surface area contributed by atoms with Gasteiger partial charge in [-0.3, -0.25) is 10.3 Å². The van der Waals surface area contributed by atoms with Gasteiger partial charge < -0.3 is 14.9 Å². The first-order valence-electron chi connectivity index (χ1n) is 10.4. The molecule has 0 spiro atoms. The van der Waals surface area contributed by atoms with Gasteiger partial charge in [0.1, 0.15) is 23.2 Å². The van der Waals surface area contributed by atoms with Crippen LogP contribution >= 0.6 is 11.6 Å². The second-order valence-electron chi connectivity index (χ2n) is 7.40. The Morgan fingerprint density at radius 3 is 2.66 bits per heavy atom. The SMILES string of the molecule is C[C@@H]1CC=CCC/C=C/C(NOCc2ccccc2)=C/c2c(Cl)c(O)cc(O)c2C(=O)O1. The largest absolute Gasteiger partial charge is 0.507 e. The van der Waals surface area contributed by atoms with Gasteiger partial charge in [-0.05, 0) is 37.5 Å². The lowest BCUT2D eigenvalue weighted by Gasteiger charge is -2.16. The molecule has 0 amide bonds. The van der Waals surface area contributed by atoms with E-state index in [1.165, 1.54) is 6.08 Å². The molecule has 3 rings (SSSR count). The number of hydroxylamine groups is 1. The first-order chi connectivity index (χ1) is 15.5. The second kappa shape index (κ2) is 11.4. The van der Waals surface area contributed by atoms with Crippen molar-refractivity contribution in [1.82, 2.24) is 5.48 Å². The Balaban J connectivity index is 1.98. The molecule has 1 heterocycles. The number of hydrogen-bond acceptors (Lipinski definition) is 6. The lowest BCUT2D eigenvalue weighted by Crippen LogP contribution is -2.17. The van der Waals surface area contributed by atoms with E-state index < -0.39 is 17.8 Å². The lowest BCUT2D eigenvalue weighted by molar-refractivity contribution is 0.0344. The number of ether oxygens (including phenoxy) is 1. The number of halogens is 1. The predicted molar refractivity (Wildman–Crippen MR) is 124 cm³/mol. The van der Waals surface area contributed by atoms with Gasteiger partial charge in [0.2, 0.25) is 0 Å². The zero-order valence-corrected chi connectivity index (χ0v) is 18.5. The molecule has 0 saturated heterocycles. The van der Waals surface area contributed by atoms with Crippen LogP contribution in [-0.4, -0.2) is 22.3 Å². The van der Waals surface area contributed by atoms with Crippen LogP contribution in [0.4, 0.5) is 0 Å². The Morgan fingerprint density at radius 1 is 1.12 bits per heavy atom. The molecule has 0 fully saturated rings. The van der Waals surface area contributed by atoms with E-state index >= 15 is 0 Å². The molecule has 0 unspecified atom stereocenters. The quantitative estimate of drug-likeness (QED) is 0.313. The number of fused-ring (bicyclic) bond motifs is 1. The van der Waals surface area contributed by atoms with Crippen molar-refractivity contribution in [1.29, 1.82) is 0 Å². The smallest absolute Gasteiger partial charge is 0.342 e. The van der Waals surface area contributed by atoms with Crippen LogP contribution in [-0.2, 0) is 16.2 Å². The maximum absolute atomic E-state index is 12.8. The summed E-state index contributed by atoms with van der Waals surface area (Å²) in [6.45, 7) is 2.08. The number of nitrogens with one attached hydrogen (secondary N) is 1. The molecule has 2 aromatic carbocycles. The van der Waals surface area contributed by atoms with Crippen molar-refractivity contribution in [2.75, 3.05) is 0 Å². The van der Waals surface area contributed by atoms with Crippen LogP contribution in [0, 0.1) is 0 Å². The number of cyclic esters (lactones) is 1. The summed E-state index contributed by atoms with van der Waals surface area (Å²) >= 11 is 6.31. The number of carbonyl (C=O) groups is 1. The van der Waals surface area contributed by atoms with Gasteiger partial charge in [-0.2, -0.15) is 0 Å². The number of esters is 1. The third kappa shape index (κ3) is 6.39. The summed E-state index contributed by atoms with van der Waals surface area (Å²) < 4.78 is 5.48. The first kappa shape index (κ1) is 23.4. The highest BCUT2D eigenvalue weighted by Crippen LogP contribution is 2.38. The Kier molecular flexibility index (Phi) is 8.36. The number of carbonyl (C=O) groups excluding carboxylic acids is 1.